The molecule has 1 unspecified atom stereocenters. The first-order chi connectivity index (χ1) is 12.3. The van der Waals surface area contributed by atoms with Crippen molar-refractivity contribution in [3.8, 4) is 0 Å². The van der Waals surface area contributed by atoms with E-state index in [1.54, 1.807) is 0 Å². The van der Waals surface area contributed by atoms with Gasteiger partial charge < -0.3 is 9.72 Å². The Kier molecular flexibility index (Phi) is 3.37. The number of aryl methyl sites for hydroxylation is 1. The Bertz CT molecular complexity index is 955. The summed E-state index contributed by atoms with van der Waals surface area (Å²) in [5.41, 5.74) is 4.28. The number of benzene rings is 1. The predicted molar refractivity (Wildman–Crippen MR) is 97.0 cm³/mol. The fourth-order valence-electron chi connectivity index (χ4n) is 4.02. The maximum absolute atomic E-state index is 12.8. The van der Waals surface area contributed by atoms with Gasteiger partial charge >= 0.3 is 0 Å². The lowest BCUT2D eigenvalue weighted by atomic mass is 10.0. The highest BCUT2D eigenvalue weighted by Gasteiger charge is 2.30. The molecule has 126 valence electrons. The van der Waals surface area contributed by atoms with Gasteiger partial charge in [0.05, 0.1) is 5.52 Å². The number of nitrogens with zero attached hydrogens (tertiary/aromatic N) is 2. The standard InChI is InChI=1S/C21H21N3O/c25-21(22-13-16-11-8-14-5-1-2-6-17(14)16)19-18-7-3-4-12-24(18)20(23-19)15-9-10-15/h1-7,12,15-16H,8-11,13H2,(H,22,25). The van der Waals surface area contributed by atoms with Crippen LogP contribution in [0.4, 0.5) is 0 Å². The summed E-state index contributed by atoms with van der Waals surface area (Å²) in [4.78, 5) is 17.5. The third-order valence-corrected chi connectivity index (χ3v) is 5.50. The van der Waals surface area contributed by atoms with Crippen LogP contribution >= 0.6 is 0 Å². The molecule has 3 aromatic rings. The van der Waals surface area contributed by atoms with Crippen molar-refractivity contribution in [3.63, 3.8) is 0 Å². The molecule has 2 aliphatic carbocycles. The minimum Gasteiger partial charge on any atom is -0.350 e. The molecule has 4 nitrogen and oxygen atoms in total. The first-order valence-corrected chi connectivity index (χ1v) is 9.14. The summed E-state index contributed by atoms with van der Waals surface area (Å²) in [6.45, 7) is 0.681. The predicted octanol–water partition coefficient (Wildman–Crippen LogP) is 3.67. The second-order valence-electron chi connectivity index (χ2n) is 7.19. The molecule has 0 saturated heterocycles. The van der Waals surface area contributed by atoms with Gasteiger partial charge in [0.2, 0.25) is 0 Å². The van der Waals surface area contributed by atoms with Crippen LogP contribution in [0.1, 0.15) is 58.5 Å². The van der Waals surface area contributed by atoms with Crippen molar-refractivity contribution in [1.82, 2.24) is 14.7 Å². The Morgan fingerprint density at radius 3 is 2.84 bits per heavy atom. The van der Waals surface area contributed by atoms with Crippen LogP contribution in [0, 0.1) is 0 Å². The van der Waals surface area contributed by atoms with Gasteiger partial charge in [-0.15, -0.1) is 0 Å². The van der Waals surface area contributed by atoms with E-state index in [0.717, 1.165) is 24.2 Å². The van der Waals surface area contributed by atoms with Gasteiger partial charge in [-0.1, -0.05) is 30.3 Å². The Morgan fingerprint density at radius 1 is 1.12 bits per heavy atom. The number of carbonyl (C=O) groups excluding carboxylic acids is 1. The van der Waals surface area contributed by atoms with Crippen LogP contribution in [-0.4, -0.2) is 21.8 Å². The third-order valence-electron chi connectivity index (χ3n) is 5.50. The van der Waals surface area contributed by atoms with Crippen molar-refractivity contribution in [1.29, 1.82) is 0 Å². The summed E-state index contributed by atoms with van der Waals surface area (Å²) in [5.74, 6) is 1.90. The number of imidazole rings is 1. The number of nitrogens with one attached hydrogen (secondary N) is 1. The van der Waals surface area contributed by atoms with Crippen molar-refractivity contribution in [3.05, 3.63) is 71.3 Å². The zero-order valence-corrected chi connectivity index (χ0v) is 14.1. The molecule has 0 aliphatic heterocycles. The summed E-state index contributed by atoms with van der Waals surface area (Å²) in [6.07, 6.45) is 6.58. The lowest BCUT2D eigenvalue weighted by Gasteiger charge is -2.12. The highest BCUT2D eigenvalue weighted by Crippen LogP contribution is 2.40. The highest BCUT2D eigenvalue weighted by molar-refractivity contribution is 5.99. The molecule has 1 aromatic carbocycles. The number of hydrogen-bond acceptors (Lipinski definition) is 2. The first kappa shape index (κ1) is 14.7. The van der Waals surface area contributed by atoms with Gasteiger partial charge in [-0.25, -0.2) is 4.98 Å². The second-order valence-corrected chi connectivity index (χ2v) is 7.19. The molecule has 4 heteroatoms. The number of fused-ring (bicyclic) bond motifs is 2. The molecule has 2 aliphatic rings. The molecule has 1 atom stereocenters. The monoisotopic (exact) mass is 331 g/mol. The first-order valence-electron chi connectivity index (χ1n) is 9.14. The summed E-state index contributed by atoms with van der Waals surface area (Å²) >= 11 is 0. The quantitative estimate of drug-likeness (QED) is 0.793. The van der Waals surface area contributed by atoms with E-state index in [9.17, 15) is 4.79 Å². The van der Waals surface area contributed by atoms with Crippen LogP contribution in [0.15, 0.2) is 48.7 Å². The van der Waals surface area contributed by atoms with E-state index in [2.05, 4.69) is 34.0 Å². The van der Waals surface area contributed by atoms with E-state index in [0.29, 0.717) is 24.1 Å². The van der Waals surface area contributed by atoms with E-state index in [4.69, 9.17) is 4.98 Å². The summed E-state index contributed by atoms with van der Waals surface area (Å²) in [5, 5.41) is 3.13. The van der Waals surface area contributed by atoms with E-state index in [-0.39, 0.29) is 5.91 Å². The van der Waals surface area contributed by atoms with Gasteiger partial charge in [-0.05, 0) is 48.9 Å². The van der Waals surface area contributed by atoms with Crippen LogP contribution in [0.2, 0.25) is 0 Å². The minimum absolute atomic E-state index is 0.0556. The van der Waals surface area contributed by atoms with Crippen molar-refractivity contribution in [2.75, 3.05) is 6.54 Å². The molecule has 5 rings (SSSR count). The lowest BCUT2D eigenvalue weighted by Crippen LogP contribution is -2.28. The fraction of sp³-hybridized carbons (Fsp3) is 0.333. The molecular weight excluding hydrogens is 310 g/mol. The third kappa shape index (κ3) is 2.53. The molecular formula is C21H21N3O. The molecule has 1 amide bonds. The summed E-state index contributed by atoms with van der Waals surface area (Å²) in [7, 11) is 0. The summed E-state index contributed by atoms with van der Waals surface area (Å²) < 4.78 is 2.08. The second kappa shape index (κ2) is 5.73. The lowest BCUT2D eigenvalue weighted by molar-refractivity contribution is 0.0948. The highest BCUT2D eigenvalue weighted by atomic mass is 16.1. The molecule has 25 heavy (non-hydrogen) atoms. The number of rotatable bonds is 4. The largest absolute Gasteiger partial charge is 0.350 e. The van der Waals surface area contributed by atoms with Gasteiger partial charge in [0.1, 0.15) is 5.82 Å². The van der Waals surface area contributed by atoms with Crippen LogP contribution in [0.3, 0.4) is 0 Å². The van der Waals surface area contributed by atoms with Crippen LogP contribution < -0.4 is 5.32 Å². The summed E-state index contributed by atoms with van der Waals surface area (Å²) in [6, 6.07) is 14.5. The van der Waals surface area contributed by atoms with Crippen LogP contribution in [0.25, 0.3) is 5.52 Å². The zero-order chi connectivity index (χ0) is 16.8. The topological polar surface area (TPSA) is 46.4 Å². The molecule has 1 N–H and O–H groups in total. The molecule has 0 bridgehead atoms. The van der Waals surface area contributed by atoms with Gasteiger partial charge in [0.15, 0.2) is 5.69 Å². The van der Waals surface area contributed by atoms with Crippen molar-refractivity contribution >= 4 is 11.4 Å². The molecule has 1 fully saturated rings. The zero-order valence-electron chi connectivity index (χ0n) is 14.1. The number of pyridine rings is 1. The van der Waals surface area contributed by atoms with E-state index in [1.807, 2.05) is 24.4 Å². The smallest absolute Gasteiger partial charge is 0.272 e. The van der Waals surface area contributed by atoms with E-state index in [1.165, 1.54) is 24.0 Å². The molecule has 1 saturated carbocycles. The van der Waals surface area contributed by atoms with Crippen molar-refractivity contribution in [2.45, 2.75) is 37.5 Å². The number of aromatic nitrogens is 2. The Morgan fingerprint density at radius 2 is 1.96 bits per heavy atom. The van der Waals surface area contributed by atoms with Crippen LogP contribution in [0.5, 0.6) is 0 Å². The van der Waals surface area contributed by atoms with Crippen molar-refractivity contribution < 1.29 is 4.79 Å². The normalized spacial score (nSPS) is 19.1. The Labute approximate surface area is 146 Å². The van der Waals surface area contributed by atoms with E-state index >= 15 is 0 Å². The maximum atomic E-state index is 12.8. The van der Waals surface area contributed by atoms with Crippen molar-refractivity contribution in [2.24, 2.45) is 0 Å². The minimum atomic E-state index is -0.0556. The van der Waals surface area contributed by atoms with Crippen LogP contribution in [-0.2, 0) is 6.42 Å². The molecule has 2 aromatic heterocycles. The fourth-order valence-corrected chi connectivity index (χ4v) is 4.02. The van der Waals surface area contributed by atoms with E-state index < -0.39 is 0 Å². The van der Waals surface area contributed by atoms with Gasteiger partial charge in [-0.3, -0.25) is 4.79 Å². The molecule has 2 heterocycles. The SMILES string of the molecule is O=C(NCC1CCc2ccccc21)c1nc(C2CC2)n2ccccc12. The Hall–Kier alpha value is -2.62. The Balaban J connectivity index is 1.38. The van der Waals surface area contributed by atoms with Gasteiger partial charge in [-0.2, -0.15) is 0 Å². The van der Waals surface area contributed by atoms with Gasteiger partial charge in [0, 0.05) is 24.6 Å². The number of hydrogen-bond donors (Lipinski definition) is 1. The molecule has 0 spiro atoms. The molecule has 0 radical (unpaired) electrons. The maximum Gasteiger partial charge on any atom is 0.272 e. The average molecular weight is 331 g/mol. The number of carbonyl (C=O) groups is 1. The average Bonchev–Trinajstić information content (AvgIpc) is 3.30. The van der Waals surface area contributed by atoms with Gasteiger partial charge in [0.25, 0.3) is 5.91 Å². The number of amides is 1.